The Bertz CT molecular complexity index is 1050. The van der Waals surface area contributed by atoms with Crippen LogP contribution in [0.2, 0.25) is 0 Å². The molecule has 0 fully saturated rings. The highest BCUT2D eigenvalue weighted by Gasteiger charge is 2.31. The van der Waals surface area contributed by atoms with Gasteiger partial charge in [-0.15, -0.1) is 0 Å². The van der Waals surface area contributed by atoms with Crippen molar-refractivity contribution in [1.29, 1.82) is 0 Å². The van der Waals surface area contributed by atoms with Crippen LogP contribution in [0.1, 0.15) is 31.1 Å². The molecule has 3 aromatic rings. The Morgan fingerprint density at radius 3 is 2.36 bits per heavy atom. The molecule has 28 heavy (non-hydrogen) atoms. The fourth-order valence-electron chi connectivity index (χ4n) is 2.65. The first-order valence-corrected chi connectivity index (χ1v) is 8.52. The van der Waals surface area contributed by atoms with Gasteiger partial charge in [-0.2, -0.15) is 5.10 Å². The Labute approximate surface area is 160 Å². The number of hydrogen-bond acceptors (Lipinski definition) is 4. The summed E-state index contributed by atoms with van der Waals surface area (Å²) in [5, 5.41) is 4.27. The smallest absolute Gasteiger partial charge is 0.417 e. The van der Waals surface area contributed by atoms with E-state index in [4.69, 9.17) is 4.74 Å². The molecule has 146 valence electrons. The molecule has 0 saturated heterocycles. The molecule has 8 heteroatoms. The molecule has 0 spiro atoms. The van der Waals surface area contributed by atoms with Crippen molar-refractivity contribution in [3.8, 4) is 11.3 Å². The molecule has 0 bridgehead atoms. The Kier molecular flexibility index (Phi) is 4.89. The lowest BCUT2D eigenvalue weighted by Gasteiger charge is -2.23. The summed E-state index contributed by atoms with van der Waals surface area (Å²) in [7, 11) is 1.25. The number of carbonyl (C=O) groups is 2. The number of hydrogen-bond donors (Lipinski definition) is 0. The number of fused-ring (bicyclic) bond motifs is 1. The topological polar surface area (TPSA) is 63.9 Å². The molecule has 0 N–H and O–H groups in total. The highest BCUT2D eigenvalue weighted by molar-refractivity contribution is 6.11. The number of pyridine rings is 1. The van der Waals surface area contributed by atoms with Crippen molar-refractivity contribution in [3.05, 3.63) is 59.8 Å². The summed E-state index contributed by atoms with van der Waals surface area (Å²) in [6.45, 7) is 5.01. The lowest BCUT2D eigenvalue weighted by molar-refractivity contribution is 0.0285. The first kappa shape index (κ1) is 19.5. The largest absolute Gasteiger partial charge is 0.443 e. The number of benzene rings is 1. The number of imide groups is 1. The van der Waals surface area contributed by atoms with Crippen LogP contribution in [0, 0.1) is 11.6 Å². The maximum Gasteiger partial charge on any atom is 0.417 e. The third-order valence-electron chi connectivity index (χ3n) is 3.91. The Hall–Kier alpha value is -3.29. The van der Waals surface area contributed by atoms with E-state index in [0.29, 0.717) is 5.56 Å². The van der Waals surface area contributed by atoms with Gasteiger partial charge < -0.3 is 4.74 Å². The minimum Gasteiger partial charge on any atom is -0.443 e. The summed E-state index contributed by atoms with van der Waals surface area (Å²) in [5.74, 6) is -1.92. The van der Waals surface area contributed by atoms with E-state index in [1.165, 1.54) is 54.2 Å². The molecule has 0 atom stereocenters. The van der Waals surface area contributed by atoms with E-state index in [-0.39, 0.29) is 16.8 Å². The highest BCUT2D eigenvalue weighted by atomic mass is 19.1. The van der Waals surface area contributed by atoms with Crippen LogP contribution >= 0.6 is 0 Å². The second kappa shape index (κ2) is 7.03. The molecule has 2 amide bonds. The molecule has 0 radical (unpaired) electrons. The summed E-state index contributed by atoms with van der Waals surface area (Å²) in [5.41, 5.74) is -0.464. The lowest BCUT2D eigenvalue weighted by atomic mass is 10.1. The second-order valence-corrected chi connectivity index (χ2v) is 7.22. The van der Waals surface area contributed by atoms with Crippen LogP contribution in [0.15, 0.2) is 42.6 Å². The van der Waals surface area contributed by atoms with E-state index in [9.17, 15) is 18.4 Å². The molecule has 2 heterocycles. The average Bonchev–Trinajstić information content (AvgIpc) is 3.00. The van der Waals surface area contributed by atoms with Crippen LogP contribution in [0.3, 0.4) is 0 Å². The average molecular weight is 387 g/mol. The zero-order valence-electron chi connectivity index (χ0n) is 15.9. The summed E-state index contributed by atoms with van der Waals surface area (Å²) < 4.78 is 34.3. The quantitative estimate of drug-likeness (QED) is 0.658. The minimum atomic E-state index is -0.877. The molecule has 0 aliphatic carbocycles. The maximum atomic E-state index is 14.5. The fraction of sp³-hybridized carbons (Fsp3) is 0.250. The number of nitrogens with zero attached hydrogens (tertiary/aromatic N) is 3. The predicted molar refractivity (Wildman–Crippen MR) is 98.9 cm³/mol. The summed E-state index contributed by atoms with van der Waals surface area (Å²) in [6, 6.07) is 7.91. The molecule has 0 aliphatic heterocycles. The standard InChI is InChI=1S/C20H19F2N3O3/c1-20(2,3)28-19(27)24(4)18(26)15-16(12-7-9-13(21)10-8-12)23-25-11-5-6-14(22)17(15)25/h5-11H,1-4H3. The summed E-state index contributed by atoms with van der Waals surface area (Å²) in [4.78, 5) is 26.2. The van der Waals surface area contributed by atoms with Gasteiger partial charge in [0.15, 0.2) is 0 Å². The molecular weight excluding hydrogens is 368 g/mol. The summed E-state index contributed by atoms with van der Waals surface area (Å²) in [6.07, 6.45) is 0.605. The molecule has 0 aliphatic rings. The molecule has 0 saturated carbocycles. The number of carbonyl (C=O) groups excluding carboxylic acids is 2. The van der Waals surface area contributed by atoms with Crippen molar-refractivity contribution in [1.82, 2.24) is 14.5 Å². The van der Waals surface area contributed by atoms with Crippen molar-refractivity contribution in [2.75, 3.05) is 7.05 Å². The Balaban J connectivity index is 2.15. The van der Waals surface area contributed by atoms with Crippen LogP contribution in [0.4, 0.5) is 13.6 Å². The molecule has 0 unspecified atom stereocenters. The SMILES string of the molecule is CN(C(=O)OC(C)(C)C)C(=O)c1c(-c2ccc(F)cc2)nn2cccc(F)c12. The Morgan fingerprint density at radius 2 is 1.75 bits per heavy atom. The number of halogens is 2. The normalized spacial score (nSPS) is 11.5. The van der Waals surface area contributed by atoms with Gasteiger partial charge in [0.1, 0.15) is 28.4 Å². The van der Waals surface area contributed by atoms with Gasteiger partial charge >= 0.3 is 6.09 Å². The van der Waals surface area contributed by atoms with Crippen LogP contribution in [-0.4, -0.2) is 39.2 Å². The van der Waals surface area contributed by atoms with Crippen molar-refractivity contribution >= 4 is 17.5 Å². The van der Waals surface area contributed by atoms with Gasteiger partial charge in [-0.1, -0.05) is 0 Å². The van der Waals surface area contributed by atoms with Gasteiger partial charge in [-0.3, -0.25) is 4.79 Å². The summed E-state index contributed by atoms with van der Waals surface area (Å²) >= 11 is 0. The van der Waals surface area contributed by atoms with Gasteiger partial charge in [-0.05, 0) is 57.2 Å². The zero-order chi connectivity index (χ0) is 20.6. The molecule has 6 nitrogen and oxygen atoms in total. The first-order valence-electron chi connectivity index (χ1n) is 8.52. The number of amides is 2. The van der Waals surface area contributed by atoms with Crippen LogP contribution < -0.4 is 0 Å². The van der Waals surface area contributed by atoms with E-state index in [1.807, 2.05) is 0 Å². The first-order chi connectivity index (χ1) is 13.1. The molecule has 2 aromatic heterocycles. The van der Waals surface area contributed by atoms with Crippen molar-refractivity contribution in [3.63, 3.8) is 0 Å². The molecule has 3 rings (SSSR count). The maximum absolute atomic E-state index is 14.5. The van der Waals surface area contributed by atoms with E-state index in [1.54, 1.807) is 20.8 Å². The fourth-order valence-corrected chi connectivity index (χ4v) is 2.65. The molecular formula is C20H19F2N3O3. The van der Waals surface area contributed by atoms with Gasteiger partial charge in [-0.25, -0.2) is 23.0 Å². The van der Waals surface area contributed by atoms with Gasteiger partial charge in [0, 0.05) is 18.8 Å². The van der Waals surface area contributed by atoms with Gasteiger partial charge in [0.05, 0.1) is 5.56 Å². The van der Waals surface area contributed by atoms with E-state index in [2.05, 4.69) is 5.10 Å². The second-order valence-electron chi connectivity index (χ2n) is 7.22. The lowest BCUT2D eigenvalue weighted by Crippen LogP contribution is -2.38. The third-order valence-corrected chi connectivity index (χ3v) is 3.91. The number of aromatic nitrogens is 2. The van der Waals surface area contributed by atoms with Gasteiger partial charge in [0.25, 0.3) is 5.91 Å². The Morgan fingerprint density at radius 1 is 1.11 bits per heavy atom. The molecule has 1 aromatic carbocycles. The minimum absolute atomic E-state index is 0.0813. The van der Waals surface area contributed by atoms with E-state index < -0.39 is 29.2 Å². The van der Waals surface area contributed by atoms with Crippen molar-refractivity contribution in [2.45, 2.75) is 26.4 Å². The van der Waals surface area contributed by atoms with E-state index in [0.717, 1.165) is 4.90 Å². The number of rotatable bonds is 2. The highest BCUT2D eigenvalue weighted by Crippen LogP contribution is 2.29. The van der Waals surface area contributed by atoms with Crippen molar-refractivity contribution in [2.24, 2.45) is 0 Å². The van der Waals surface area contributed by atoms with Crippen molar-refractivity contribution < 1.29 is 23.1 Å². The number of ether oxygens (including phenoxy) is 1. The van der Waals surface area contributed by atoms with Crippen LogP contribution in [-0.2, 0) is 4.74 Å². The monoisotopic (exact) mass is 387 g/mol. The predicted octanol–water partition coefficient (Wildman–Crippen LogP) is 4.29. The zero-order valence-corrected chi connectivity index (χ0v) is 15.9. The van der Waals surface area contributed by atoms with Crippen LogP contribution in [0.5, 0.6) is 0 Å². The van der Waals surface area contributed by atoms with Gasteiger partial charge in [0.2, 0.25) is 0 Å². The van der Waals surface area contributed by atoms with E-state index >= 15 is 0 Å². The van der Waals surface area contributed by atoms with Crippen LogP contribution in [0.25, 0.3) is 16.8 Å². The third kappa shape index (κ3) is 3.71.